The van der Waals surface area contributed by atoms with Crippen molar-refractivity contribution in [3.8, 4) is 0 Å². The molecular weight excluding hydrogens is 371 g/mol. The Bertz CT molecular complexity index is 748. The van der Waals surface area contributed by atoms with Crippen molar-refractivity contribution in [2.75, 3.05) is 18.0 Å². The maximum atomic E-state index is 13.3. The molecule has 4 rings (SSSR count). The van der Waals surface area contributed by atoms with Gasteiger partial charge in [0.05, 0.1) is 6.54 Å². The van der Waals surface area contributed by atoms with Crippen LogP contribution in [-0.4, -0.2) is 28.6 Å². The van der Waals surface area contributed by atoms with E-state index in [0.29, 0.717) is 6.54 Å². The minimum absolute atomic E-state index is 0. The molecule has 0 aliphatic carbocycles. The summed E-state index contributed by atoms with van der Waals surface area (Å²) in [4.78, 5) is 2.03. The molecule has 1 unspecified atom stereocenters. The Labute approximate surface area is 151 Å². The molecule has 5 heteroatoms. The van der Waals surface area contributed by atoms with Gasteiger partial charge in [-0.1, -0.05) is 18.2 Å². The fourth-order valence-corrected chi connectivity index (χ4v) is 3.72. The predicted molar refractivity (Wildman–Crippen MR) is 88.1 cm³/mol. The Kier molecular flexibility index (Phi) is 4.74. The molecule has 3 nitrogen and oxygen atoms in total. The summed E-state index contributed by atoms with van der Waals surface area (Å²) in [6.45, 7) is 1.48. The van der Waals surface area contributed by atoms with E-state index >= 15 is 0 Å². The van der Waals surface area contributed by atoms with E-state index in [9.17, 15) is 9.50 Å². The molecule has 2 aliphatic rings. The normalized spacial score (nSPS) is 23.0. The van der Waals surface area contributed by atoms with Gasteiger partial charge in [-0.3, -0.25) is 4.58 Å². The SMILES string of the molecule is OC1(c2ccc(F)cc2)C[N+]2=C(CCCC2)N1c1ccccc1.[Br-]. The molecule has 0 bridgehead atoms. The molecule has 2 heterocycles. The second kappa shape index (κ2) is 6.65. The smallest absolute Gasteiger partial charge is 0.275 e. The second-order valence-electron chi connectivity index (χ2n) is 6.29. The van der Waals surface area contributed by atoms with Crippen LogP contribution in [-0.2, 0) is 5.72 Å². The molecule has 0 saturated carbocycles. The lowest BCUT2D eigenvalue weighted by molar-refractivity contribution is -0.538. The molecule has 0 amide bonds. The average Bonchev–Trinajstić information content (AvgIpc) is 2.89. The maximum absolute atomic E-state index is 13.3. The highest BCUT2D eigenvalue weighted by atomic mass is 79.9. The summed E-state index contributed by atoms with van der Waals surface area (Å²) < 4.78 is 15.6. The zero-order valence-electron chi connectivity index (χ0n) is 13.3. The monoisotopic (exact) mass is 390 g/mol. The average molecular weight is 391 g/mol. The molecule has 0 spiro atoms. The van der Waals surface area contributed by atoms with Crippen LogP contribution in [0, 0.1) is 5.82 Å². The van der Waals surface area contributed by atoms with Crippen molar-refractivity contribution in [2.45, 2.75) is 25.0 Å². The summed E-state index contributed by atoms with van der Waals surface area (Å²) in [5, 5.41) is 11.5. The first-order chi connectivity index (χ1) is 11.2. The third-order valence-electron chi connectivity index (χ3n) is 4.80. The van der Waals surface area contributed by atoms with Crippen LogP contribution in [0.2, 0.25) is 0 Å². The molecule has 2 aliphatic heterocycles. The van der Waals surface area contributed by atoms with Gasteiger partial charge in [0.1, 0.15) is 11.5 Å². The lowest BCUT2D eigenvalue weighted by Gasteiger charge is -2.28. The third kappa shape index (κ3) is 2.76. The van der Waals surface area contributed by atoms with Gasteiger partial charge in [0.2, 0.25) is 0 Å². The van der Waals surface area contributed by atoms with Gasteiger partial charge in [0.25, 0.3) is 11.6 Å². The Hall–Kier alpha value is -1.72. The Morgan fingerprint density at radius 3 is 2.42 bits per heavy atom. The predicted octanol–water partition coefficient (Wildman–Crippen LogP) is 0.0899. The fourth-order valence-electron chi connectivity index (χ4n) is 3.72. The van der Waals surface area contributed by atoms with Crippen molar-refractivity contribution in [3.05, 3.63) is 66.0 Å². The number of hydrogen-bond donors (Lipinski definition) is 1. The summed E-state index contributed by atoms with van der Waals surface area (Å²) in [6.07, 6.45) is 3.23. The van der Waals surface area contributed by atoms with Gasteiger partial charge in [-0.25, -0.2) is 4.39 Å². The number of benzene rings is 2. The molecule has 24 heavy (non-hydrogen) atoms. The molecule has 126 valence electrons. The lowest BCUT2D eigenvalue weighted by Crippen LogP contribution is -3.00. The number of nitrogens with zero attached hydrogens (tertiary/aromatic N) is 2. The summed E-state index contributed by atoms with van der Waals surface area (Å²) in [6, 6.07) is 16.2. The molecule has 0 fully saturated rings. The topological polar surface area (TPSA) is 26.5 Å². The zero-order chi connectivity index (χ0) is 15.9. The van der Waals surface area contributed by atoms with Crippen molar-refractivity contribution in [1.82, 2.24) is 0 Å². The van der Waals surface area contributed by atoms with Gasteiger partial charge in [-0.2, -0.15) is 4.90 Å². The van der Waals surface area contributed by atoms with Crippen LogP contribution in [0.5, 0.6) is 0 Å². The number of amidine groups is 1. The Morgan fingerprint density at radius 2 is 1.71 bits per heavy atom. The highest BCUT2D eigenvalue weighted by Crippen LogP contribution is 2.37. The molecule has 0 radical (unpaired) electrons. The molecule has 0 saturated heterocycles. The minimum Gasteiger partial charge on any atom is -1.00 e. The number of anilines is 1. The van der Waals surface area contributed by atoms with E-state index < -0.39 is 5.72 Å². The van der Waals surface area contributed by atoms with Gasteiger partial charge < -0.3 is 22.1 Å². The van der Waals surface area contributed by atoms with E-state index in [1.807, 2.05) is 35.2 Å². The Balaban J connectivity index is 0.00000169. The van der Waals surface area contributed by atoms with Crippen molar-refractivity contribution in [2.24, 2.45) is 0 Å². The van der Waals surface area contributed by atoms with Crippen molar-refractivity contribution >= 4 is 11.5 Å². The van der Waals surface area contributed by atoms with Gasteiger partial charge in [0, 0.05) is 12.0 Å². The van der Waals surface area contributed by atoms with Gasteiger partial charge >= 0.3 is 0 Å². The lowest BCUT2D eigenvalue weighted by atomic mass is 10.0. The van der Waals surface area contributed by atoms with Crippen molar-refractivity contribution < 1.29 is 31.1 Å². The largest absolute Gasteiger partial charge is 1.00 e. The molecule has 1 atom stereocenters. The van der Waals surface area contributed by atoms with Crippen LogP contribution in [0.15, 0.2) is 54.6 Å². The van der Waals surface area contributed by atoms with Crippen molar-refractivity contribution in [1.29, 1.82) is 0 Å². The number of halogens is 2. The van der Waals surface area contributed by atoms with E-state index in [1.165, 1.54) is 12.1 Å². The van der Waals surface area contributed by atoms with E-state index in [2.05, 4.69) is 4.58 Å². The number of rotatable bonds is 2. The first kappa shape index (κ1) is 17.1. The second-order valence-corrected chi connectivity index (χ2v) is 6.29. The molecule has 2 aromatic rings. The first-order valence-electron chi connectivity index (χ1n) is 8.13. The van der Waals surface area contributed by atoms with E-state index in [0.717, 1.165) is 42.9 Å². The third-order valence-corrected chi connectivity index (χ3v) is 4.80. The number of hydrogen-bond acceptors (Lipinski definition) is 2. The van der Waals surface area contributed by atoms with Gasteiger partial charge in [-0.05, 0) is 49.2 Å². The highest BCUT2D eigenvalue weighted by Gasteiger charge is 2.54. The van der Waals surface area contributed by atoms with Crippen LogP contribution in [0.3, 0.4) is 0 Å². The molecule has 1 N–H and O–H groups in total. The molecule has 2 aromatic carbocycles. The summed E-state index contributed by atoms with van der Waals surface area (Å²) in [5.41, 5.74) is 0.540. The molecular formula is C19H20BrFN2O. The van der Waals surface area contributed by atoms with E-state index in [1.54, 1.807) is 12.1 Å². The number of aliphatic hydroxyl groups is 1. The molecule has 0 aromatic heterocycles. The highest BCUT2D eigenvalue weighted by molar-refractivity contribution is 5.97. The van der Waals surface area contributed by atoms with E-state index in [-0.39, 0.29) is 22.8 Å². The fraction of sp³-hybridized carbons (Fsp3) is 0.316. The van der Waals surface area contributed by atoms with E-state index in [4.69, 9.17) is 0 Å². The van der Waals surface area contributed by atoms with Crippen LogP contribution >= 0.6 is 0 Å². The van der Waals surface area contributed by atoms with Crippen LogP contribution in [0.25, 0.3) is 0 Å². The zero-order valence-corrected chi connectivity index (χ0v) is 14.9. The summed E-state index contributed by atoms with van der Waals surface area (Å²) in [7, 11) is 0. The first-order valence-corrected chi connectivity index (χ1v) is 8.13. The quantitative estimate of drug-likeness (QED) is 0.735. The summed E-state index contributed by atoms with van der Waals surface area (Å²) in [5.74, 6) is 0.876. The van der Waals surface area contributed by atoms with Crippen LogP contribution < -0.4 is 21.9 Å². The van der Waals surface area contributed by atoms with Gasteiger partial charge in [0.15, 0.2) is 6.54 Å². The Morgan fingerprint density at radius 1 is 1.00 bits per heavy atom. The minimum atomic E-state index is -1.16. The maximum Gasteiger partial charge on any atom is 0.275 e. The van der Waals surface area contributed by atoms with Crippen LogP contribution in [0.1, 0.15) is 24.8 Å². The van der Waals surface area contributed by atoms with Crippen LogP contribution in [0.4, 0.5) is 10.1 Å². The summed E-state index contributed by atoms with van der Waals surface area (Å²) >= 11 is 0. The van der Waals surface area contributed by atoms with Crippen molar-refractivity contribution in [3.63, 3.8) is 0 Å². The number of para-hydroxylation sites is 1. The van der Waals surface area contributed by atoms with Gasteiger partial charge in [-0.15, -0.1) is 0 Å². The standard InChI is InChI=1S/C19H20FN2O.BrH/c20-16-11-9-15(10-12-16)19(23)14-21-13-5-4-8-18(21)22(19)17-6-2-1-3-7-17;/h1-3,6-7,9-12,23H,4-5,8,13-14H2;1H/q+1;/p-1.